The summed E-state index contributed by atoms with van der Waals surface area (Å²) >= 11 is 3.07. The van der Waals surface area contributed by atoms with Gasteiger partial charge in [-0.25, -0.2) is 8.78 Å². The molecule has 0 radical (unpaired) electrons. The van der Waals surface area contributed by atoms with E-state index in [9.17, 15) is 8.78 Å². The maximum Gasteiger partial charge on any atom is 0.150 e. The zero-order valence-electron chi connectivity index (χ0n) is 6.57. The van der Waals surface area contributed by atoms with Gasteiger partial charge in [-0.15, -0.1) is 0 Å². The highest BCUT2D eigenvalue weighted by molar-refractivity contribution is 9.09. The molecule has 0 saturated heterocycles. The van der Waals surface area contributed by atoms with Gasteiger partial charge >= 0.3 is 0 Å². The first kappa shape index (κ1) is 10.0. The molecule has 0 bridgehead atoms. The summed E-state index contributed by atoms with van der Waals surface area (Å²) in [6, 6.07) is 1.84. The van der Waals surface area contributed by atoms with E-state index in [1.54, 1.807) is 0 Å². The maximum atomic E-state index is 12.8. The van der Waals surface area contributed by atoms with Gasteiger partial charge in [0.05, 0.1) is 16.6 Å². The summed E-state index contributed by atoms with van der Waals surface area (Å²) in [4.78, 5) is 0. The minimum absolute atomic E-state index is 0.116. The average Bonchev–Trinajstić information content (AvgIpc) is 2.09. The van der Waals surface area contributed by atoms with Crippen molar-refractivity contribution in [3.05, 3.63) is 29.3 Å². The molecule has 0 heterocycles. The van der Waals surface area contributed by atoms with Crippen LogP contribution in [0.4, 0.5) is 14.5 Å². The molecule has 1 nitrogen and oxygen atoms in total. The fourth-order valence-electron chi connectivity index (χ4n) is 0.817. The summed E-state index contributed by atoms with van der Waals surface area (Å²) in [7, 11) is 0. The lowest BCUT2D eigenvalue weighted by atomic mass is 10.2. The molecule has 0 aliphatic rings. The molecule has 0 spiro atoms. The molecule has 68 valence electrons. The van der Waals surface area contributed by atoms with Crippen molar-refractivity contribution in [2.45, 2.75) is 0 Å². The van der Waals surface area contributed by atoms with Crippen LogP contribution in [0.2, 0.25) is 0 Å². The molecule has 0 aliphatic carbocycles. The summed E-state index contributed by atoms with van der Waals surface area (Å²) in [6.45, 7) is 0. The van der Waals surface area contributed by atoms with Crippen molar-refractivity contribution in [2.24, 2.45) is 0 Å². The van der Waals surface area contributed by atoms with Crippen LogP contribution >= 0.6 is 15.9 Å². The zero-order chi connectivity index (χ0) is 9.84. The Bertz CT molecular complexity index is 379. The SMILES string of the molecule is Nc1c(F)cc(F)cc1C#CCBr. The average molecular weight is 246 g/mol. The van der Waals surface area contributed by atoms with Crippen molar-refractivity contribution in [2.75, 3.05) is 11.1 Å². The van der Waals surface area contributed by atoms with Gasteiger partial charge in [0, 0.05) is 6.07 Å². The van der Waals surface area contributed by atoms with Gasteiger partial charge < -0.3 is 5.73 Å². The van der Waals surface area contributed by atoms with Gasteiger partial charge in [-0.05, 0) is 6.07 Å². The Morgan fingerprint density at radius 1 is 1.38 bits per heavy atom. The number of hydrogen-bond donors (Lipinski definition) is 1. The molecule has 0 saturated carbocycles. The minimum Gasteiger partial charge on any atom is -0.395 e. The van der Waals surface area contributed by atoms with E-state index in [4.69, 9.17) is 5.73 Å². The van der Waals surface area contributed by atoms with Gasteiger partial charge in [-0.2, -0.15) is 0 Å². The molecule has 1 aromatic carbocycles. The first-order valence-corrected chi connectivity index (χ1v) is 4.56. The lowest BCUT2D eigenvalue weighted by Crippen LogP contribution is -1.96. The molecular formula is C9H6BrF2N. The van der Waals surface area contributed by atoms with E-state index in [2.05, 4.69) is 27.8 Å². The van der Waals surface area contributed by atoms with Crippen molar-refractivity contribution >= 4 is 21.6 Å². The van der Waals surface area contributed by atoms with Crippen molar-refractivity contribution < 1.29 is 8.78 Å². The molecule has 4 heteroatoms. The topological polar surface area (TPSA) is 26.0 Å². The summed E-state index contributed by atoms with van der Waals surface area (Å²) in [5.41, 5.74) is 5.39. The second-order valence-electron chi connectivity index (χ2n) is 2.28. The molecule has 0 aromatic heterocycles. The zero-order valence-corrected chi connectivity index (χ0v) is 8.16. The van der Waals surface area contributed by atoms with Gasteiger partial charge in [-0.1, -0.05) is 27.8 Å². The number of alkyl halides is 1. The molecule has 0 unspecified atom stereocenters. The third-order valence-corrected chi connectivity index (χ3v) is 1.66. The Hall–Kier alpha value is -1.08. The number of hydrogen-bond acceptors (Lipinski definition) is 1. The molecule has 1 aromatic rings. The first-order chi connectivity index (χ1) is 6.15. The third kappa shape index (κ3) is 2.43. The third-order valence-electron chi connectivity index (χ3n) is 1.38. The van der Waals surface area contributed by atoms with Crippen molar-refractivity contribution in [1.29, 1.82) is 0 Å². The molecule has 0 amide bonds. The largest absolute Gasteiger partial charge is 0.395 e. The minimum atomic E-state index is -0.779. The van der Waals surface area contributed by atoms with Crippen LogP contribution in [0.1, 0.15) is 5.56 Å². The number of halogens is 3. The number of anilines is 1. The quantitative estimate of drug-likeness (QED) is 0.424. The van der Waals surface area contributed by atoms with E-state index < -0.39 is 11.6 Å². The fourth-order valence-corrected chi connectivity index (χ4v) is 0.957. The Kier molecular flexibility index (Phi) is 3.26. The van der Waals surface area contributed by atoms with Gasteiger partial charge in [-0.3, -0.25) is 0 Å². The Morgan fingerprint density at radius 3 is 2.69 bits per heavy atom. The van der Waals surface area contributed by atoms with Crippen LogP contribution in [0.25, 0.3) is 0 Å². The molecule has 0 atom stereocenters. The number of nitrogens with two attached hydrogens (primary N) is 1. The summed E-state index contributed by atoms with van der Waals surface area (Å²) in [5.74, 6) is 3.70. The predicted molar refractivity (Wildman–Crippen MR) is 51.4 cm³/mol. The van der Waals surface area contributed by atoms with Crippen LogP contribution in [0.15, 0.2) is 12.1 Å². The lowest BCUT2D eigenvalue weighted by Gasteiger charge is -1.99. The van der Waals surface area contributed by atoms with E-state index in [0.717, 1.165) is 12.1 Å². The van der Waals surface area contributed by atoms with E-state index in [0.29, 0.717) is 5.33 Å². The van der Waals surface area contributed by atoms with Crippen LogP contribution < -0.4 is 5.73 Å². The highest BCUT2D eigenvalue weighted by Gasteiger charge is 2.05. The standard InChI is InChI=1S/C9H6BrF2N/c10-3-1-2-6-4-7(11)5-8(12)9(6)13/h4-5H,3,13H2. The summed E-state index contributed by atoms with van der Waals surface area (Å²) in [6.07, 6.45) is 0. The van der Waals surface area contributed by atoms with Gasteiger partial charge in [0.1, 0.15) is 11.6 Å². The van der Waals surface area contributed by atoms with E-state index in [1.165, 1.54) is 0 Å². The van der Waals surface area contributed by atoms with E-state index >= 15 is 0 Å². The van der Waals surface area contributed by atoms with Crippen molar-refractivity contribution in [3.63, 3.8) is 0 Å². The Morgan fingerprint density at radius 2 is 2.08 bits per heavy atom. The van der Waals surface area contributed by atoms with Crippen LogP contribution in [0.3, 0.4) is 0 Å². The normalized spacial score (nSPS) is 9.15. The van der Waals surface area contributed by atoms with Crippen LogP contribution in [0.5, 0.6) is 0 Å². The van der Waals surface area contributed by atoms with Gasteiger partial charge in [0.2, 0.25) is 0 Å². The van der Waals surface area contributed by atoms with Gasteiger partial charge in [0.15, 0.2) is 0 Å². The summed E-state index contributed by atoms with van der Waals surface area (Å²) < 4.78 is 25.5. The van der Waals surface area contributed by atoms with Crippen LogP contribution in [-0.4, -0.2) is 5.33 Å². The first-order valence-electron chi connectivity index (χ1n) is 3.44. The number of benzene rings is 1. The Balaban J connectivity index is 3.20. The molecular weight excluding hydrogens is 240 g/mol. The van der Waals surface area contributed by atoms with E-state index in [1.807, 2.05) is 0 Å². The summed E-state index contributed by atoms with van der Waals surface area (Å²) in [5, 5.41) is 0.435. The fraction of sp³-hybridized carbons (Fsp3) is 0.111. The highest BCUT2D eigenvalue weighted by Crippen LogP contribution is 2.16. The second-order valence-corrected chi connectivity index (χ2v) is 2.84. The maximum absolute atomic E-state index is 12.8. The number of nitrogen functional groups attached to an aromatic ring is 1. The van der Waals surface area contributed by atoms with Crippen LogP contribution in [0, 0.1) is 23.5 Å². The monoisotopic (exact) mass is 245 g/mol. The molecule has 0 aliphatic heterocycles. The van der Waals surface area contributed by atoms with E-state index in [-0.39, 0.29) is 11.3 Å². The lowest BCUT2D eigenvalue weighted by molar-refractivity contribution is 0.586. The Labute approximate surface area is 83.1 Å². The van der Waals surface area contributed by atoms with Gasteiger partial charge in [0.25, 0.3) is 0 Å². The smallest absolute Gasteiger partial charge is 0.150 e. The molecule has 2 N–H and O–H groups in total. The highest BCUT2D eigenvalue weighted by atomic mass is 79.9. The van der Waals surface area contributed by atoms with Crippen molar-refractivity contribution in [1.82, 2.24) is 0 Å². The predicted octanol–water partition coefficient (Wildman–Crippen LogP) is 2.29. The van der Waals surface area contributed by atoms with Crippen molar-refractivity contribution in [3.8, 4) is 11.8 Å². The second kappa shape index (κ2) is 4.24. The molecule has 0 fully saturated rings. The molecule has 13 heavy (non-hydrogen) atoms. The van der Waals surface area contributed by atoms with Crippen LogP contribution in [-0.2, 0) is 0 Å². The number of rotatable bonds is 0. The molecule has 1 rings (SSSR count).